The van der Waals surface area contributed by atoms with Crippen LogP contribution in [0.5, 0.6) is 0 Å². The normalized spacial score (nSPS) is 16.2. The molecule has 1 aromatic heterocycles. The lowest BCUT2D eigenvalue weighted by molar-refractivity contribution is -0.143. The first kappa shape index (κ1) is 25.3. The number of hydrogen-bond donors (Lipinski definition) is 2. The molecule has 1 aliphatic rings. The fraction of sp³-hybridized carbons (Fsp3) is 0.440. The SMILES string of the molecule is CC(C)NC(=O)C(c1ccc(F)cc1)N(CC1CCCO1)C(=O)CCC(=O)Nc1ccccn1. The maximum Gasteiger partial charge on any atom is 0.247 e. The van der Waals surface area contributed by atoms with Gasteiger partial charge in [-0.25, -0.2) is 9.37 Å². The van der Waals surface area contributed by atoms with E-state index in [4.69, 9.17) is 4.74 Å². The summed E-state index contributed by atoms with van der Waals surface area (Å²) < 4.78 is 19.3. The van der Waals surface area contributed by atoms with E-state index in [9.17, 15) is 18.8 Å². The smallest absolute Gasteiger partial charge is 0.247 e. The lowest BCUT2D eigenvalue weighted by atomic mass is 10.0. The van der Waals surface area contributed by atoms with Crippen LogP contribution in [0, 0.1) is 5.82 Å². The molecule has 2 atom stereocenters. The molecule has 0 bridgehead atoms. The van der Waals surface area contributed by atoms with Gasteiger partial charge in [0.1, 0.15) is 17.7 Å². The molecule has 3 amide bonds. The van der Waals surface area contributed by atoms with E-state index in [1.54, 1.807) is 24.4 Å². The van der Waals surface area contributed by atoms with Gasteiger partial charge in [-0.2, -0.15) is 0 Å². The highest BCUT2D eigenvalue weighted by atomic mass is 19.1. The summed E-state index contributed by atoms with van der Waals surface area (Å²) in [5.74, 6) is -1.12. The Hall–Kier alpha value is -3.33. The van der Waals surface area contributed by atoms with E-state index >= 15 is 0 Å². The number of carbonyl (C=O) groups excluding carboxylic acids is 3. The third-order valence-electron chi connectivity index (χ3n) is 5.42. The van der Waals surface area contributed by atoms with Crippen molar-refractivity contribution in [1.29, 1.82) is 0 Å². The van der Waals surface area contributed by atoms with Crippen molar-refractivity contribution in [3.63, 3.8) is 0 Å². The second-order valence-electron chi connectivity index (χ2n) is 8.56. The monoisotopic (exact) mass is 470 g/mol. The molecule has 0 radical (unpaired) electrons. The van der Waals surface area contributed by atoms with Crippen molar-refractivity contribution in [1.82, 2.24) is 15.2 Å². The quantitative estimate of drug-likeness (QED) is 0.555. The first-order chi connectivity index (χ1) is 16.3. The second-order valence-corrected chi connectivity index (χ2v) is 8.56. The largest absolute Gasteiger partial charge is 0.376 e. The van der Waals surface area contributed by atoms with Crippen LogP contribution in [0.15, 0.2) is 48.7 Å². The van der Waals surface area contributed by atoms with E-state index in [-0.39, 0.29) is 49.3 Å². The maximum absolute atomic E-state index is 13.6. The van der Waals surface area contributed by atoms with Gasteiger partial charge in [-0.3, -0.25) is 14.4 Å². The van der Waals surface area contributed by atoms with Crippen LogP contribution in [0.4, 0.5) is 10.2 Å². The van der Waals surface area contributed by atoms with Crippen LogP contribution in [-0.2, 0) is 19.1 Å². The number of hydrogen-bond acceptors (Lipinski definition) is 5. The number of nitrogens with zero attached hydrogens (tertiary/aromatic N) is 2. The average Bonchev–Trinajstić information content (AvgIpc) is 3.32. The Morgan fingerprint density at radius 3 is 2.53 bits per heavy atom. The summed E-state index contributed by atoms with van der Waals surface area (Å²) >= 11 is 0. The number of nitrogens with one attached hydrogen (secondary N) is 2. The molecule has 2 N–H and O–H groups in total. The molecule has 0 spiro atoms. The van der Waals surface area contributed by atoms with Gasteiger partial charge in [0, 0.05) is 38.2 Å². The van der Waals surface area contributed by atoms with Crippen molar-refractivity contribution < 1.29 is 23.5 Å². The summed E-state index contributed by atoms with van der Waals surface area (Å²) in [5, 5.41) is 5.52. The zero-order chi connectivity index (χ0) is 24.5. The van der Waals surface area contributed by atoms with Crippen molar-refractivity contribution in [2.75, 3.05) is 18.5 Å². The number of rotatable bonds is 10. The Morgan fingerprint density at radius 2 is 1.91 bits per heavy atom. The van der Waals surface area contributed by atoms with Crippen LogP contribution in [0.1, 0.15) is 51.1 Å². The summed E-state index contributed by atoms with van der Waals surface area (Å²) in [6.07, 6.45) is 2.83. The number of aromatic nitrogens is 1. The van der Waals surface area contributed by atoms with Crippen molar-refractivity contribution in [2.45, 2.75) is 57.7 Å². The van der Waals surface area contributed by atoms with E-state index in [1.165, 1.54) is 29.2 Å². The topological polar surface area (TPSA) is 101 Å². The molecule has 2 aromatic rings. The molecule has 3 rings (SSSR count). The van der Waals surface area contributed by atoms with Gasteiger partial charge in [0.05, 0.1) is 6.10 Å². The standard InChI is InChI=1S/C25H31FN4O4/c1-17(2)28-25(33)24(18-8-10-19(26)11-9-18)30(16-20-6-5-15-34-20)23(32)13-12-22(31)29-21-7-3-4-14-27-21/h3-4,7-11,14,17,20,24H,5-6,12-13,15-16H2,1-2H3,(H,28,33)(H,27,29,31). The summed E-state index contributed by atoms with van der Waals surface area (Å²) in [4.78, 5) is 44.5. The number of anilines is 1. The predicted molar refractivity (Wildman–Crippen MR) is 125 cm³/mol. The number of halogens is 1. The second kappa shape index (κ2) is 12.2. The molecule has 1 aliphatic heterocycles. The molecule has 0 saturated carbocycles. The van der Waals surface area contributed by atoms with Crippen LogP contribution in [-0.4, -0.2) is 52.9 Å². The molecule has 1 fully saturated rings. The molecular formula is C25H31FN4O4. The lowest BCUT2D eigenvalue weighted by Crippen LogP contribution is -2.48. The third-order valence-corrected chi connectivity index (χ3v) is 5.42. The van der Waals surface area contributed by atoms with Crippen molar-refractivity contribution in [3.8, 4) is 0 Å². The molecule has 9 heteroatoms. The van der Waals surface area contributed by atoms with Gasteiger partial charge in [0.2, 0.25) is 17.7 Å². The van der Waals surface area contributed by atoms with Crippen molar-refractivity contribution in [2.24, 2.45) is 0 Å². The lowest BCUT2D eigenvalue weighted by Gasteiger charge is -2.33. The number of benzene rings is 1. The molecular weight excluding hydrogens is 439 g/mol. The average molecular weight is 471 g/mol. The van der Waals surface area contributed by atoms with Crippen LogP contribution in [0.3, 0.4) is 0 Å². The van der Waals surface area contributed by atoms with Crippen molar-refractivity contribution in [3.05, 3.63) is 60.0 Å². The maximum atomic E-state index is 13.6. The Kier molecular flexibility index (Phi) is 9.09. The van der Waals surface area contributed by atoms with E-state index < -0.39 is 11.9 Å². The zero-order valence-corrected chi connectivity index (χ0v) is 19.5. The molecule has 1 aromatic carbocycles. The van der Waals surface area contributed by atoms with Crippen LogP contribution in [0.2, 0.25) is 0 Å². The Morgan fingerprint density at radius 1 is 1.15 bits per heavy atom. The number of amides is 3. The van der Waals surface area contributed by atoms with Gasteiger partial charge in [-0.05, 0) is 56.5 Å². The van der Waals surface area contributed by atoms with Gasteiger partial charge in [-0.1, -0.05) is 18.2 Å². The first-order valence-electron chi connectivity index (χ1n) is 11.5. The molecule has 2 unspecified atom stereocenters. The number of carbonyl (C=O) groups is 3. The van der Waals surface area contributed by atoms with Gasteiger partial charge in [-0.15, -0.1) is 0 Å². The highest BCUT2D eigenvalue weighted by Crippen LogP contribution is 2.26. The molecule has 1 saturated heterocycles. The van der Waals surface area contributed by atoms with Crippen LogP contribution >= 0.6 is 0 Å². The van der Waals surface area contributed by atoms with Gasteiger partial charge >= 0.3 is 0 Å². The van der Waals surface area contributed by atoms with E-state index in [1.807, 2.05) is 13.8 Å². The minimum atomic E-state index is -0.974. The fourth-order valence-electron chi connectivity index (χ4n) is 3.85. The van der Waals surface area contributed by atoms with Crippen LogP contribution < -0.4 is 10.6 Å². The van der Waals surface area contributed by atoms with E-state index in [0.29, 0.717) is 18.0 Å². The third kappa shape index (κ3) is 7.34. The summed E-state index contributed by atoms with van der Waals surface area (Å²) in [7, 11) is 0. The summed E-state index contributed by atoms with van der Waals surface area (Å²) in [6.45, 7) is 4.45. The molecule has 34 heavy (non-hydrogen) atoms. The van der Waals surface area contributed by atoms with Gasteiger partial charge in [0.15, 0.2) is 0 Å². The Balaban J connectivity index is 1.80. The Bertz CT molecular complexity index is 963. The van der Waals surface area contributed by atoms with Gasteiger partial charge in [0.25, 0.3) is 0 Å². The Labute approximate surface area is 198 Å². The highest BCUT2D eigenvalue weighted by molar-refractivity contribution is 5.94. The van der Waals surface area contributed by atoms with Gasteiger partial charge < -0.3 is 20.3 Å². The fourth-order valence-corrected chi connectivity index (χ4v) is 3.85. The first-order valence-corrected chi connectivity index (χ1v) is 11.5. The highest BCUT2D eigenvalue weighted by Gasteiger charge is 2.34. The molecule has 0 aliphatic carbocycles. The molecule has 8 nitrogen and oxygen atoms in total. The molecule has 2 heterocycles. The summed E-state index contributed by atoms with van der Waals surface area (Å²) in [6, 6.07) is 9.55. The molecule has 182 valence electrons. The minimum Gasteiger partial charge on any atom is -0.376 e. The number of pyridine rings is 1. The minimum absolute atomic E-state index is 0.0701. The van der Waals surface area contributed by atoms with E-state index in [0.717, 1.165) is 12.8 Å². The number of ether oxygens (including phenoxy) is 1. The van der Waals surface area contributed by atoms with E-state index in [2.05, 4.69) is 15.6 Å². The van der Waals surface area contributed by atoms with Crippen molar-refractivity contribution >= 4 is 23.5 Å². The predicted octanol–water partition coefficient (Wildman–Crippen LogP) is 3.21. The zero-order valence-electron chi connectivity index (χ0n) is 19.5. The van der Waals surface area contributed by atoms with Crippen LogP contribution in [0.25, 0.3) is 0 Å². The summed E-state index contributed by atoms with van der Waals surface area (Å²) in [5.41, 5.74) is 0.490.